The van der Waals surface area contributed by atoms with E-state index in [2.05, 4.69) is 53.0 Å². The van der Waals surface area contributed by atoms with E-state index in [1.54, 1.807) is 0 Å². The van der Waals surface area contributed by atoms with E-state index in [9.17, 15) is 5.41 Å². The summed E-state index contributed by atoms with van der Waals surface area (Å²) in [6.45, 7) is 15.3. The minimum Gasteiger partial charge on any atom is -0.369 e. The second kappa shape index (κ2) is 12.4. The molecule has 0 aromatic carbocycles. The molecule has 2 aliphatic heterocycles. The Bertz CT molecular complexity index is 1140. The third-order valence-corrected chi connectivity index (χ3v) is 12.5. The van der Waals surface area contributed by atoms with Crippen molar-refractivity contribution >= 4 is 18.1 Å². The van der Waals surface area contributed by atoms with Gasteiger partial charge >= 0.3 is 0 Å². The van der Waals surface area contributed by atoms with Crippen LogP contribution in [-0.2, 0) is 0 Å². The van der Waals surface area contributed by atoms with Crippen LogP contribution in [0.25, 0.3) is 0 Å². The van der Waals surface area contributed by atoms with Crippen LogP contribution in [0.2, 0.25) is 0 Å². The van der Waals surface area contributed by atoms with Crippen LogP contribution in [0.1, 0.15) is 103 Å². The lowest BCUT2D eigenvalue weighted by atomic mass is 9.59. The van der Waals surface area contributed by atoms with Gasteiger partial charge in [0.05, 0.1) is 11.3 Å². The molecule has 6 rings (SSSR count). The van der Waals surface area contributed by atoms with E-state index in [1.807, 2.05) is 6.20 Å². The zero-order valence-corrected chi connectivity index (χ0v) is 26.7. The van der Waals surface area contributed by atoms with E-state index in [-0.39, 0.29) is 5.54 Å². The Labute approximate surface area is 255 Å². The number of piperazine rings is 1. The highest BCUT2D eigenvalue weighted by Crippen LogP contribution is 2.60. The summed E-state index contributed by atoms with van der Waals surface area (Å²) in [6, 6.07) is 0.705. The van der Waals surface area contributed by atoms with Crippen LogP contribution in [0.5, 0.6) is 0 Å². The van der Waals surface area contributed by atoms with Gasteiger partial charge in [0, 0.05) is 49.9 Å². The van der Waals surface area contributed by atoms with E-state index >= 15 is 0 Å². The molecule has 0 radical (unpaired) electrons. The number of rotatable bonds is 9. The number of nitrogens with zero attached hydrogens (tertiary/aromatic N) is 5. The van der Waals surface area contributed by atoms with Gasteiger partial charge in [0.25, 0.3) is 0 Å². The van der Waals surface area contributed by atoms with Crippen molar-refractivity contribution in [1.82, 2.24) is 14.7 Å². The first-order valence-corrected chi connectivity index (χ1v) is 17.3. The van der Waals surface area contributed by atoms with E-state index in [1.165, 1.54) is 101 Å². The maximum atomic E-state index is 9.66. The van der Waals surface area contributed by atoms with Crippen molar-refractivity contribution in [2.24, 2.45) is 27.2 Å². The summed E-state index contributed by atoms with van der Waals surface area (Å²) in [6.07, 6.45) is 23.2. The first-order valence-electron chi connectivity index (χ1n) is 17.3. The van der Waals surface area contributed by atoms with Gasteiger partial charge in [-0.1, -0.05) is 25.8 Å². The fourth-order valence-corrected chi connectivity index (χ4v) is 9.86. The molecule has 230 valence electrons. The predicted octanol–water partition coefficient (Wildman–Crippen LogP) is 7.24. The minimum absolute atomic E-state index is 0.221. The van der Waals surface area contributed by atoms with Gasteiger partial charge in [-0.15, -0.1) is 0 Å². The molecule has 6 nitrogen and oxygen atoms in total. The molecule has 4 saturated carbocycles. The van der Waals surface area contributed by atoms with Crippen molar-refractivity contribution in [3.8, 4) is 0 Å². The SMILES string of the molecule is C=CN1CCN(/C(=C/C(=N\CCCC2CCCN2C)C(/C)=C2\CCC3CCCC34CCCCC4C2=N)N=C)CC12CC2. The van der Waals surface area contributed by atoms with Gasteiger partial charge in [-0.05, 0) is 133 Å². The first kappa shape index (κ1) is 29.8. The predicted molar refractivity (Wildman–Crippen MR) is 177 cm³/mol. The van der Waals surface area contributed by atoms with Crippen LogP contribution < -0.4 is 0 Å². The van der Waals surface area contributed by atoms with Crippen LogP contribution >= 0.6 is 0 Å². The number of hydrogen-bond acceptors (Lipinski definition) is 6. The average Bonchev–Trinajstić information content (AvgIpc) is 3.50. The van der Waals surface area contributed by atoms with Gasteiger partial charge in [0.2, 0.25) is 0 Å². The second-order valence-electron chi connectivity index (χ2n) is 14.5. The molecule has 6 fully saturated rings. The molecule has 4 unspecified atom stereocenters. The van der Waals surface area contributed by atoms with Crippen molar-refractivity contribution < 1.29 is 0 Å². The molecule has 0 aromatic heterocycles. The summed E-state index contributed by atoms with van der Waals surface area (Å²) in [5, 5.41) is 9.66. The van der Waals surface area contributed by atoms with Crippen LogP contribution in [-0.4, -0.2) is 84.2 Å². The Hall–Kier alpha value is -2.21. The van der Waals surface area contributed by atoms with Crippen LogP contribution in [0.3, 0.4) is 0 Å². The van der Waals surface area contributed by atoms with Gasteiger partial charge < -0.3 is 20.1 Å². The third kappa shape index (κ3) is 5.57. The number of likely N-dealkylation sites (tertiary alicyclic amines) is 1. The summed E-state index contributed by atoms with van der Waals surface area (Å²) in [5.74, 6) is 2.19. The normalized spacial score (nSPS) is 34.7. The van der Waals surface area contributed by atoms with Gasteiger partial charge in [-0.2, -0.15) is 0 Å². The smallest absolute Gasteiger partial charge is 0.130 e. The Balaban J connectivity index is 1.29. The minimum atomic E-state index is 0.221. The number of aliphatic imine (C=N–C) groups is 2. The van der Waals surface area contributed by atoms with Crippen LogP contribution in [0, 0.1) is 22.7 Å². The Morgan fingerprint density at radius 2 is 1.86 bits per heavy atom. The Kier molecular flexibility index (Phi) is 8.82. The van der Waals surface area contributed by atoms with Gasteiger partial charge in [-0.3, -0.25) is 4.99 Å². The van der Waals surface area contributed by atoms with Gasteiger partial charge in [0.1, 0.15) is 5.82 Å². The summed E-state index contributed by atoms with van der Waals surface area (Å²) in [4.78, 5) is 17.3. The lowest BCUT2D eigenvalue weighted by Gasteiger charge is -2.45. The maximum Gasteiger partial charge on any atom is 0.130 e. The lowest BCUT2D eigenvalue weighted by molar-refractivity contribution is 0.0878. The van der Waals surface area contributed by atoms with E-state index in [4.69, 9.17) is 4.99 Å². The molecular formula is C36H56N6. The molecule has 0 amide bonds. The third-order valence-electron chi connectivity index (χ3n) is 12.5. The summed E-state index contributed by atoms with van der Waals surface area (Å²) in [5.41, 5.74) is 5.14. The highest BCUT2D eigenvalue weighted by molar-refractivity contribution is 6.15. The quantitative estimate of drug-likeness (QED) is 0.234. The number of allylic oxidation sites excluding steroid dienone is 3. The number of hydrogen-bond donors (Lipinski definition) is 1. The molecule has 4 aliphatic carbocycles. The molecule has 2 heterocycles. The Morgan fingerprint density at radius 3 is 2.60 bits per heavy atom. The fraction of sp³-hybridized carbons (Fsp3) is 0.750. The summed E-state index contributed by atoms with van der Waals surface area (Å²) >= 11 is 0. The van der Waals surface area contributed by atoms with Crippen LogP contribution in [0.4, 0.5) is 0 Å². The largest absolute Gasteiger partial charge is 0.369 e. The maximum absolute atomic E-state index is 9.66. The summed E-state index contributed by atoms with van der Waals surface area (Å²) in [7, 11) is 2.27. The highest BCUT2D eigenvalue weighted by atomic mass is 15.4. The van der Waals surface area contributed by atoms with E-state index in [0.29, 0.717) is 17.4 Å². The first-order chi connectivity index (χ1) is 20.4. The average molecular weight is 573 g/mol. The van der Waals surface area contributed by atoms with Gasteiger partial charge in [0.15, 0.2) is 0 Å². The lowest BCUT2D eigenvalue weighted by Crippen LogP contribution is -2.52. The van der Waals surface area contributed by atoms with Crippen molar-refractivity contribution in [3.05, 3.63) is 35.8 Å². The molecule has 2 saturated heterocycles. The van der Waals surface area contributed by atoms with Crippen molar-refractivity contribution in [3.63, 3.8) is 0 Å². The highest BCUT2D eigenvalue weighted by Gasteiger charge is 2.53. The van der Waals surface area contributed by atoms with Crippen molar-refractivity contribution in [2.75, 3.05) is 39.8 Å². The second-order valence-corrected chi connectivity index (χ2v) is 14.5. The van der Waals surface area contributed by atoms with Gasteiger partial charge in [-0.25, -0.2) is 4.99 Å². The van der Waals surface area contributed by atoms with E-state index in [0.717, 1.165) is 62.2 Å². The molecule has 42 heavy (non-hydrogen) atoms. The fourth-order valence-electron chi connectivity index (χ4n) is 9.86. The monoisotopic (exact) mass is 572 g/mol. The van der Waals surface area contributed by atoms with E-state index < -0.39 is 0 Å². The Morgan fingerprint density at radius 1 is 1.02 bits per heavy atom. The molecule has 6 aliphatic rings. The molecule has 1 N–H and O–H groups in total. The summed E-state index contributed by atoms with van der Waals surface area (Å²) < 4.78 is 0. The molecule has 0 bridgehead atoms. The standard InChI is InChI=1S/C36H56N6/c1-5-42-24-23-41(26-35(42)19-20-35)33(38-3)25-32(39-21-9-12-29-13-10-22-40(29)4)27(2)30-16-15-28-11-8-18-36(28)17-7-6-14-31(36)34(30)37/h5,25,28-29,31,37H,1,3,6-24,26H2,2,4H3/b30-27+,33-25+,37-34?,39-32+. The molecule has 0 aromatic rings. The molecule has 4 atom stereocenters. The zero-order valence-electron chi connectivity index (χ0n) is 26.7. The van der Waals surface area contributed by atoms with Crippen molar-refractivity contribution in [1.29, 1.82) is 5.41 Å². The van der Waals surface area contributed by atoms with Crippen LogP contribution in [0.15, 0.2) is 45.8 Å². The zero-order chi connectivity index (χ0) is 29.3. The molecule has 6 heteroatoms. The molecular weight excluding hydrogens is 516 g/mol. The number of nitrogens with one attached hydrogen (secondary N) is 1. The van der Waals surface area contributed by atoms with Crippen molar-refractivity contribution in [2.45, 2.75) is 115 Å². The topological polar surface area (TPSA) is 58.3 Å². The molecule has 2 spiro atoms.